The molecule has 2 aliphatic heterocycles. The first-order valence-electron chi connectivity index (χ1n) is 8.89. The average Bonchev–Trinajstić information content (AvgIpc) is 3.15. The summed E-state index contributed by atoms with van der Waals surface area (Å²) in [4.78, 5) is 40.3. The van der Waals surface area contributed by atoms with Crippen molar-refractivity contribution in [3.8, 4) is 0 Å². The quantitative estimate of drug-likeness (QED) is 0.908. The molecule has 1 saturated carbocycles. The van der Waals surface area contributed by atoms with Gasteiger partial charge in [-0.05, 0) is 30.4 Å². The van der Waals surface area contributed by atoms with E-state index in [1.807, 2.05) is 18.2 Å². The molecule has 2 atom stereocenters. The Hall–Kier alpha value is -2.37. The second kappa shape index (κ2) is 5.86. The molecule has 1 aliphatic carbocycles. The van der Waals surface area contributed by atoms with Crippen LogP contribution in [0.3, 0.4) is 0 Å². The maximum Gasteiger partial charge on any atom is 0.311 e. The third-order valence-corrected chi connectivity index (χ3v) is 6.12. The van der Waals surface area contributed by atoms with Crippen LogP contribution in [-0.4, -0.2) is 52.3 Å². The van der Waals surface area contributed by atoms with Gasteiger partial charge in [0.15, 0.2) is 0 Å². The van der Waals surface area contributed by atoms with Gasteiger partial charge in [0.1, 0.15) is 6.54 Å². The lowest BCUT2D eigenvalue weighted by molar-refractivity contribution is -0.152. The van der Waals surface area contributed by atoms with E-state index in [1.54, 1.807) is 15.9 Å². The zero-order valence-electron chi connectivity index (χ0n) is 14.1. The van der Waals surface area contributed by atoms with E-state index in [9.17, 15) is 19.5 Å². The number of aliphatic carboxylic acids is 1. The average molecular weight is 342 g/mol. The minimum Gasteiger partial charge on any atom is -0.481 e. The second-order valence-corrected chi connectivity index (χ2v) is 7.50. The van der Waals surface area contributed by atoms with Gasteiger partial charge in [-0.3, -0.25) is 14.4 Å². The lowest BCUT2D eigenvalue weighted by Gasteiger charge is -2.34. The fourth-order valence-electron chi connectivity index (χ4n) is 4.70. The Morgan fingerprint density at radius 2 is 2.04 bits per heavy atom. The summed E-state index contributed by atoms with van der Waals surface area (Å²) in [5.41, 5.74) is 0.816. The molecule has 6 nitrogen and oxygen atoms in total. The molecule has 0 unspecified atom stereocenters. The molecule has 3 aliphatic rings. The maximum absolute atomic E-state index is 12.7. The van der Waals surface area contributed by atoms with E-state index >= 15 is 0 Å². The minimum atomic E-state index is -0.786. The van der Waals surface area contributed by atoms with E-state index in [-0.39, 0.29) is 30.8 Å². The Kier molecular flexibility index (Phi) is 3.78. The number of carboxylic acid groups (broad SMARTS) is 1. The summed E-state index contributed by atoms with van der Waals surface area (Å²) in [6, 6.07) is 7.40. The third kappa shape index (κ3) is 2.51. The molecule has 25 heavy (non-hydrogen) atoms. The van der Waals surface area contributed by atoms with E-state index in [4.69, 9.17) is 0 Å². The highest BCUT2D eigenvalue weighted by molar-refractivity contribution is 6.00. The molecule has 0 radical (unpaired) electrons. The molecule has 4 rings (SSSR count). The number of amides is 2. The van der Waals surface area contributed by atoms with Crippen LogP contribution in [0.2, 0.25) is 0 Å². The van der Waals surface area contributed by atoms with Crippen LogP contribution in [0, 0.1) is 11.3 Å². The molecular formula is C19H22N2O4. The summed E-state index contributed by atoms with van der Waals surface area (Å²) in [7, 11) is 0. The van der Waals surface area contributed by atoms with Crippen molar-refractivity contribution in [1.82, 2.24) is 9.80 Å². The minimum absolute atomic E-state index is 0.0237. The Balaban J connectivity index is 1.46. The molecule has 1 aromatic carbocycles. The fraction of sp³-hybridized carbons (Fsp3) is 0.526. The van der Waals surface area contributed by atoms with Gasteiger partial charge in [0.25, 0.3) is 5.91 Å². The third-order valence-electron chi connectivity index (χ3n) is 6.12. The van der Waals surface area contributed by atoms with Gasteiger partial charge in [0.05, 0.1) is 5.41 Å². The summed E-state index contributed by atoms with van der Waals surface area (Å²) in [6.45, 7) is 1.25. The van der Waals surface area contributed by atoms with Crippen LogP contribution in [-0.2, 0) is 16.1 Å². The van der Waals surface area contributed by atoms with E-state index in [0.717, 1.165) is 24.8 Å². The van der Waals surface area contributed by atoms with Crippen molar-refractivity contribution >= 4 is 17.8 Å². The molecule has 1 N–H and O–H groups in total. The zero-order chi connectivity index (χ0) is 17.6. The van der Waals surface area contributed by atoms with Crippen molar-refractivity contribution < 1.29 is 19.5 Å². The lowest BCUT2D eigenvalue weighted by atomic mass is 9.68. The number of nitrogens with zero attached hydrogens (tertiary/aromatic N) is 2. The predicted octanol–water partition coefficient (Wildman–Crippen LogP) is 1.75. The van der Waals surface area contributed by atoms with Gasteiger partial charge in [0.2, 0.25) is 5.91 Å². The standard InChI is InChI=1S/C19H22N2O4/c22-16(11-20-9-13-5-1-2-7-15(13)17(20)23)21-10-14-6-3-4-8-19(14,12-21)18(24)25/h1-2,5,7,14H,3-4,6,8-12H2,(H,24,25)/t14-,19-/m1/s1. The highest BCUT2D eigenvalue weighted by Crippen LogP contribution is 2.47. The van der Waals surface area contributed by atoms with Gasteiger partial charge >= 0.3 is 5.97 Å². The molecule has 2 amide bonds. The lowest BCUT2D eigenvalue weighted by Crippen LogP contribution is -2.43. The number of hydrogen-bond donors (Lipinski definition) is 1. The Bertz CT molecular complexity index is 747. The van der Waals surface area contributed by atoms with Crippen molar-refractivity contribution in [3.05, 3.63) is 35.4 Å². The topological polar surface area (TPSA) is 77.9 Å². The highest BCUT2D eigenvalue weighted by atomic mass is 16.4. The van der Waals surface area contributed by atoms with E-state index in [2.05, 4.69) is 0 Å². The number of likely N-dealkylation sites (tertiary alicyclic amines) is 1. The number of carboxylic acids is 1. The number of rotatable bonds is 3. The van der Waals surface area contributed by atoms with E-state index < -0.39 is 11.4 Å². The number of carbonyl (C=O) groups excluding carboxylic acids is 2. The summed E-state index contributed by atoms with van der Waals surface area (Å²) in [5, 5.41) is 9.74. The largest absolute Gasteiger partial charge is 0.481 e. The normalized spacial score (nSPS) is 28.0. The van der Waals surface area contributed by atoms with Gasteiger partial charge in [-0.15, -0.1) is 0 Å². The van der Waals surface area contributed by atoms with Crippen LogP contribution in [0.25, 0.3) is 0 Å². The Morgan fingerprint density at radius 3 is 2.76 bits per heavy atom. The van der Waals surface area contributed by atoms with Crippen LogP contribution >= 0.6 is 0 Å². The molecule has 0 bridgehead atoms. The molecular weight excluding hydrogens is 320 g/mol. The Labute approximate surface area is 146 Å². The van der Waals surface area contributed by atoms with Crippen LogP contribution in [0.1, 0.15) is 41.6 Å². The highest BCUT2D eigenvalue weighted by Gasteiger charge is 2.54. The van der Waals surface area contributed by atoms with Gasteiger partial charge in [-0.1, -0.05) is 31.0 Å². The SMILES string of the molecule is O=C(CN1Cc2ccccc2C1=O)N1C[C@H]2CCCC[C@@]2(C(=O)O)C1. The van der Waals surface area contributed by atoms with Gasteiger partial charge in [0, 0.05) is 25.2 Å². The second-order valence-electron chi connectivity index (χ2n) is 7.50. The molecule has 2 heterocycles. The molecule has 0 spiro atoms. The predicted molar refractivity (Wildman–Crippen MR) is 89.8 cm³/mol. The number of hydrogen-bond acceptors (Lipinski definition) is 3. The van der Waals surface area contributed by atoms with Crippen LogP contribution in [0.15, 0.2) is 24.3 Å². The first kappa shape index (κ1) is 16.1. The van der Waals surface area contributed by atoms with Crippen molar-refractivity contribution in [3.63, 3.8) is 0 Å². The Morgan fingerprint density at radius 1 is 1.24 bits per heavy atom. The summed E-state index contributed by atoms with van der Waals surface area (Å²) < 4.78 is 0. The first-order valence-corrected chi connectivity index (χ1v) is 8.89. The van der Waals surface area contributed by atoms with Crippen LogP contribution < -0.4 is 0 Å². The number of carbonyl (C=O) groups is 3. The number of benzene rings is 1. The van der Waals surface area contributed by atoms with Crippen LogP contribution in [0.5, 0.6) is 0 Å². The van der Waals surface area contributed by atoms with Crippen molar-refractivity contribution in [1.29, 1.82) is 0 Å². The van der Waals surface area contributed by atoms with Crippen molar-refractivity contribution in [2.75, 3.05) is 19.6 Å². The van der Waals surface area contributed by atoms with E-state index in [1.165, 1.54) is 0 Å². The molecule has 6 heteroatoms. The van der Waals surface area contributed by atoms with Crippen LogP contribution in [0.4, 0.5) is 0 Å². The molecule has 0 aromatic heterocycles. The van der Waals surface area contributed by atoms with Gasteiger partial charge < -0.3 is 14.9 Å². The molecule has 1 saturated heterocycles. The smallest absolute Gasteiger partial charge is 0.311 e. The molecule has 132 valence electrons. The van der Waals surface area contributed by atoms with Crippen molar-refractivity contribution in [2.45, 2.75) is 32.2 Å². The number of fused-ring (bicyclic) bond motifs is 2. The van der Waals surface area contributed by atoms with Crippen molar-refractivity contribution in [2.24, 2.45) is 11.3 Å². The summed E-state index contributed by atoms with van der Waals surface area (Å²) in [5.74, 6) is -1.00. The maximum atomic E-state index is 12.7. The molecule has 1 aromatic rings. The summed E-state index contributed by atoms with van der Waals surface area (Å²) >= 11 is 0. The zero-order valence-corrected chi connectivity index (χ0v) is 14.1. The molecule has 2 fully saturated rings. The summed E-state index contributed by atoms with van der Waals surface area (Å²) in [6.07, 6.45) is 3.45. The monoisotopic (exact) mass is 342 g/mol. The van der Waals surface area contributed by atoms with Gasteiger partial charge in [-0.25, -0.2) is 0 Å². The van der Waals surface area contributed by atoms with E-state index in [0.29, 0.717) is 25.1 Å². The van der Waals surface area contributed by atoms with Gasteiger partial charge in [-0.2, -0.15) is 0 Å². The first-order chi connectivity index (χ1) is 12.0. The fourth-order valence-corrected chi connectivity index (χ4v) is 4.70.